The molecule has 0 bridgehead atoms. The first-order valence-corrected chi connectivity index (χ1v) is 7.84. The van der Waals surface area contributed by atoms with Crippen LogP contribution in [0.1, 0.15) is 51.5 Å². The van der Waals surface area contributed by atoms with Crippen LogP contribution in [0.4, 0.5) is 0 Å². The quantitative estimate of drug-likeness (QED) is 0.790. The lowest BCUT2D eigenvalue weighted by Crippen LogP contribution is -2.33. The summed E-state index contributed by atoms with van der Waals surface area (Å²) in [6, 6.07) is 5.51. The standard InChI is InChI=1S/C16H22Cl2O/c1-11(2)8-12-4-3-7-16(19,10-12)13-5-6-14(17)15(18)9-13/h5-6,9,11-12,19H,3-4,7-8,10H2,1-2H3. The number of hydrogen-bond donors (Lipinski definition) is 1. The fraction of sp³-hybridized carbons (Fsp3) is 0.625. The Balaban J connectivity index is 2.18. The predicted molar refractivity (Wildman–Crippen MR) is 81.8 cm³/mol. The fourth-order valence-corrected chi connectivity index (χ4v) is 3.58. The second-order valence-electron chi connectivity index (χ2n) is 6.25. The molecular formula is C16H22Cl2O. The van der Waals surface area contributed by atoms with Gasteiger partial charge in [0.2, 0.25) is 0 Å². The Hall–Kier alpha value is -0.240. The van der Waals surface area contributed by atoms with Gasteiger partial charge in [-0.25, -0.2) is 0 Å². The van der Waals surface area contributed by atoms with E-state index in [1.54, 1.807) is 6.07 Å². The molecule has 1 aromatic carbocycles. The van der Waals surface area contributed by atoms with Gasteiger partial charge in [0.25, 0.3) is 0 Å². The third-order valence-electron chi connectivity index (χ3n) is 4.09. The van der Waals surface area contributed by atoms with Crippen molar-refractivity contribution in [3.05, 3.63) is 33.8 Å². The zero-order valence-electron chi connectivity index (χ0n) is 11.6. The summed E-state index contributed by atoms with van der Waals surface area (Å²) in [6.07, 6.45) is 5.14. The van der Waals surface area contributed by atoms with E-state index in [1.807, 2.05) is 12.1 Å². The van der Waals surface area contributed by atoms with E-state index in [-0.39, 0.29) is 0 Å². The SMILES string of the molecule is CC(C)CC1CCCC(O)(c2ccc(Cl)c(Cl)c2)C1. The summed E-state index contributed by atoms with van der Waals surface area (Å²) >= 11 is 12.0. The van der Waals surface area contributed by atoms with Gasteiger partial charge in [0.1, 0.15) is 0 Å². The molecule has 19 heavy (non-hydrogen) atoms. The molecule has 0 aromatic heterocycles. The summed E-state index contributed by atoms with van der Waals surface area (Å²) in [4.78, 5) is 0. The minimum Gasteiger partial charge on any atom is -0.385 e. The highest BCUT2D eigenvalue weighted by Gasteiger charge is 2.36. The van der Waals surface area contributed by atoms with Crippen LogP contribution < -0.4 is 0 Å². The maximum Gasteiger partial charge on any atom is 0.0899 e. The first-order chi connectivity index (χ1) is 8.90. The third kappa shape index (κ3) is 3.65. The van der Waals surface area contributed by atoms with Crippen molar-refractivity contribution in [2.24, 2.45) is 11.8 Å². The monoisotopic (exact) mass is 300 g/mol. The average molecular weight is 301 g/mol. The molecule has 0 heterocycles. The highest BCUT2D eigenvalue weighted by molar-refractivity contribution is 6.42. The van der Waals surface area contributed by atoms with Crippen molar-refractivity contribution in [3.8, 4) is 0 Å². The normalized spacial score (nSPS) is 27.8. The van der Waals surface area contributed by atoms with E-state index in [4.69, 9.17) is 23.2 Å². The van der Waals surface area contributed by atoms with Crippen LogP contribution in [-0.2, 0) is 5.60 Å². The number of aliphatic hydroxyl groups is 1. The van der Waals surface area contributed by atoms with Gasteiger partial charge in [-0.1, -0.05) is 49.5 Å². The molecule has 0 spiro atoms. The lowest BCUT2D eigenvalue weighted by atomic mass is 9.72. The smallest absolute Gasteiger partial charge is 0.0899 e. The third-order valence-corrected chi connectivity index (χ3v) is 4.83. The van der Waals surface area contributed by atoms with Gasteiger partial charge in [-0.2, -0.15) is 0 Å². The molecule has 106 valence electrons. The minimum atomic E-state index is -0.730. The van der Waals surface area contributed by atoms with E-state index in [9.17, 15) is 5.11 Å². The summed E-state index contributed by atoms with van der Waals surface area (Å²) < 4.78 is 0. The van der Waals surface area contributed by atoms with E-state index in [0.29, 0.717) is 21.9 Å². The largest absolute Gasteiger partial charge is 0.385 e. The average Bonchev–Trinajstić information content (AvgIpc) is 2.31. The highest BCUT2D eigenvalue weighted by Crippen LogP contribution is 2.43. The Labute approximate surface area is 125 Å². The molecule has 1 fully saturated rings. The molecule has 2 unspecified atom stereocenters. The van der Waals surface area contributed by atoms with Crippen molar-refractivity contribution >= 4 is 23.2 Å². The van der Waals surface area contributed by atoms with Crippen LogP contribution in [-0.4, -0.2) is 5.11 Å². The van der Waals surface area contributed by atoms with Gasteiger partial charge in [0, 0.05) is 0 Å². The Morgan fingerprint density at radius 2 is 2.05 bits per heavy atom. The summed E-state index contributed by atoms with van der Waals surface area (Å²) in [5.41, 5.74) is 0.182. The topological polar surface area (TPSA) is 20.2 Å². The molecule has 1 N–H and O–H groups in total. The van der Waals surface area contributed by atoms with Crippen molar-refractivity contribution in [3.63, 3.8) is 0 Å². The van der Waals surface area contributed by atoms with Gasteiger partial charge >= 0.3 is 0 Å². The molecule has 1 aliphatic rings. The highest BCUT2D eigenvalue weighted by atomic mass is 35.5. The van der Waals surface area contributed by atoms with E-state index >= 15 is 0 Å². The van der Waals surface area contributed by atoms with Crippen molar-refractivity contribution in [1.82, 2.24) is 0 Å². The van der Waals surface area contributed by atoms with Crippen molar-refractivity contribution in [2.45, 2.75) is 51.6 Å². The second-order valence-corrected chi connectivity index (χ2v) is 7.07. The molecule has 0 radical (unpaired) electrons. The number of halogens is 2. The molecule has 2 atom stereocenters. The Morgan fingerprint density at radius 1 is 1.32 bits per heavy atom. The maximum absolute atomic E-state index is 10.9. The molecule has 0 aliphatic heterocycles. The van der Waals surface area contributed by atoms with E-state index < -0.39 is 5.60 Å². The summed E-state index contributed by atoms with van der Waals surface area (Å²) in [7, 11) is 0. The van der Waals surface area contributed by atoms with Gasteiger partial charge in [-0.3, -0.25) is 0 Å². The van der Waals surface area contributed by atoms with Crippen LogP contribution >= 0.6 is 23.2 Å². The van der Waals surface area contributed by atoms with E-state index in [0.717, 1.165) is 24.8 Å². The Kier molecular flexibility index (Phi) is 4.81. The summed E-state index contributed by atoms with van der Waals surface area (Å²) in [6.45, 7) is 4.49. The van der Waals surface area contributed by atoms with Crippen LogP contribution in [0.3, 0.4) is 0 Å². The van der Waals surface area contributed by atoms with Gasteiger partial charge < -0.3 is 5.11 Å². The van der Waals surface area contributed by atoms with Crippen LogP contribution in [0.25, 0.3) is 0 Å². The van der Waals surface area contributed by atoms with Crippen LogP contribution in [0.5, 0.6) is 0 Å². The van der Waals surface area contributed by atoms with Crippen LogP contribution in [0.15, 0.2) is 18.2 Å². The van der Waals surface area contributed by atoms with E-state index in [1.165, 1.54) is 12.8 Å². The molecule has 1 aromatic rings. The number of hydrogen-bond acceptors (Lipinski definition) is 1. The van der Waals surface area contributed by atoms with Crippen molar-refractivity contribution in [1.29, 1.82) is 0 Å². The molecule has 1 nitrogen and oxygen atoms in total. The zero-order chi connectivity index (χ0) is 14.0. The Morgan fingerprint density at radius 3 is 2.68 bits per heavy atom. The lowest BCUT2D eigenvalue weighted by molar-refractivity contribution is -0.0244. The van der Waals surface area contributed by atoms with Crippen molar-refractivity contribution in [2.75, 3.05) is 0 Å². The molecule has 1 aliphatic carbocycles. The Bertz CT molecular complexity index is 444. The van der Waals surface area contributed by atoms with Crippen molar-refractivity contribution < 1.29 is 5.11 Å². The maximum atomic E-state index is 10.9. The number of benzene rings is 1. The summed E-state index contributed by atoms with van der Waals surface area (Å²) in [5, 5.41) is 12.0. The van der Waals surface area contributed by atoms with Gasteiger partial charge in [0.15, 0.2) is 0 Å². The number of rotatable bonds is 3. The molecule has 0 saturated heterocycles. The molecule has 2 rings (SSSR count). The molecule has 3 heteroatoms. The van der Waals surface area contributed by atoms with Gasteiger partial charge in [0.05, 0.1) is 15.6 Å². The van der Waals surface area contributed by atoms with Crippen LogP contribution in [0, 0.1) is 11.8 Å². The lowest BCUT2D eigenvalue weighted by Gasteiger charge is -2.38. The fourth-order valence-electron chi connectivity index (χ4n) is 3.28. The first-order valence-electron chi connectivity index (χ1n) is 7.08. The summed E-state index contributed by atoms with van der Waals surface area (Å²) in [5.74, 6) is 1.29. The first kappa shape index (κ1) is 15.2. The molecule has 1 saturated carbocycles. The van der Waals surface area contributed by atoms with Gasteiger partial charge in [-0.05, 0) is 55.2 Å². The van der Waals surface area contributed by atoms with Gasteiger partial charge in [-0.15, -0.1) is 0 Å². The van der Waals surface area contributed by atoms with E-state index in [2.05, 4.69) is 13.8 Å². The molecular weight excluding hydrogens is 279 g/mol. The predicted octanol–water partition coefficient (Wildman–Crippen LogP) is 5.42. The van der Waals surface area contributed by atoms with Crippen LogP contribution in [0.2, 0.25) is 10.0 Å². The zero-order valence-corrected chi connectivity index (χ0v) is 13.1. The molecule has 0 amide bonds. The second kappa shape index (κ2) is 6.03. The minimum absolute atomic E-state index is 0.526.